The summed E-state index contributed by atoms with van der Waals surface area (Å²) in [5, 5.41) is 7.77. The fraction of sp³-hybridized carbons (Fsp3) is 0.423. The van der Waals surface area contributed by atoms with Gasteiger partial charge in [-0.15, -0.1) is 0 Å². The average molecular weight is 432 g/mol. The molecule has 0 spiro atoms. The van der Waals surface area contributed by atoms with E-state index in [-0.39, 0.29) is 24.1 Å². The van der Waals surface area contributed by atoms with Crippen molar-refractivity contribution in [3.8, 4) is 0 Å². The van der Waals surface area contributed by atoms with Crippen LogP contribution in [0.1, 0.15) is 66.0 Å². The van der Waals surface area contributed by atoms with E-state index in [1.165, 1.54) is 35.1 Å². The minimum Gasteiger partial charge on any atom is -0.472 e. The fourth-order valence-electron chi connectivity index (χ4n) is 5.13. The highest BCUT2D eigenvalue weighted by Crippen LogP contribution is 2.31. The zero-order valence-corrected chi connectivity index (χ0v) is 18.3. The fourth-order valence-corrected chi connectivity index (χ4v) is 5.13. The van der Waals surface area contributed by atoms with Gasteiger partial charge in [0.1, 0.15) is 6.54 Å². The number of benzene rings is 1. The maximum Gasteiger partial charge on any atom is 0.270 e. The van der Waals surface area contributed by atoms with Crippen molar-refractivity contribution in [2.75, 3.05) is 0 Å². The van der Waals surface area contributed by atoms with Gasteiger partial charge in [-0.3, -0.25) is 9.59 Å². The minimum absolute atomic E-state index is 0.0510. The summed E-state index contributed by atoms with van der Waals surface area (Å²) in [7, 11) is 0. The van der Waals surface area contributed by atoms with E-state index in [1.807, 2.05) is 24.3 Å². The third kappa shape index (κ3) is 4.54. The van der Waals surface area contributed by atoms with Gasteiger partial charge in [-0.2, -0.15) is 5.10 Å². The SMILES string of the molecule is O=C(Cn1nc(C2CCCCC2)cc(Cc2ccoc2)c1=O)NC1Cc2ccccc2C1. The predicted molar refractivity (Wildman–Crippen MR) is 122 cm³/mol. The van der Waals surface area contributed by atoms with Gasteiger partial charge in [0.2, 0.25) is 5.91 Å². The van der Waals surface area contributed by atoms with Crippen LogP contribution in [0.25, 0.3) is 0 Å². The third-order valence-corrected chi connectivity index (χ3v) is 6.78. The van der Waals surface area contributed by atoms with Crippen molar-refractivity contribution in [1.82, 2.24) is 15.1 Å². The van der Waals surface area contributed by atoms with Gasteiger partial charge in [0, 0.05) is 23.9 Å². The smallest absolute Gasteiger partial charge is 0.270 e. The molecule has 1 N–H and O–H groups in total. The molecule has 0 unspecified atom stereocenters. The quantitative estimate of drug-likeness (QED) is 0.645. The molecular weight excluding hydrogens is 402 g/mol. The Morgan fingerprint density at radius 2 is 1.84 bits per heavy atom. The Morgan fingerprint density at radius 3 is 2.53 bits per heavy atom. The van der Waals surface area contributed by atoms with Crippen LogP contribution in [0.4, 0.5) is 0 Å². The first kappa shape index (κ1) is 20.7. The molecule has 0 aliphatic heterocycles. The number of rotatable bonds is 6. The summed E-state index contributed by atoms with van der Waals surface area (Å²) in [5.41, 5.74) is 4.93. The molecule has 6 heteroatoms. The average Bonchev–Trinajstić information content (AvgIpc) is 3.46. The van der Waals surface area contributed by atoms with Crippen LogP contribution >= 0.6 is 0 Å². The number of furan rings is 1. The van der Waals surface area contributed by atoms with Crippen LogP contribution in [0.3, 0.4) is 0 Å². The number of hydrogen-bond donors (Lipinski definition) is 1. The Balaban J connectivity index is 1.35. The van der Waals surface area contributed by atoms with E-state index in [4.69, 9.17) is 4.42 Å². The number of nitrogens with zero attached hydrogens (tertiary/aromatic N) is 2. The normalized spacial score (nSPS) is 16.8. The predicted octanol–water partition coefficient (Wildman–Crippen LogP) is 3.76. The lowest BCUT2D eigenvalue weighted by Gasteiger charge is -2.22. The van der Waals surface area contributed by atoms with Crippen LogP contribution in [0.15, 0.2) is 58.1 Å². The number of nitrogens with one attached hydrogen (secondary N) is 1. The van der Waals surface area contributed by atoms with Crippen molar-refractivity contribution in [1.29, 1.82) is 0 Å². The van der Waals surface area contributed by atoms with E-state index < -0.39 is 0 Å². The van der Waals surface area contributed by atoms with E-state index in [0.29, 0.717) is 17.9 Å². The summed E-state index contributed by atoms with van der Waals surface area (Å²) in [6.07, 6.45) is 11.2. The highest BCUT2D eigenvalue weighted by molar-refractivity contribution is 5.76. The van der Waals surface area contributed by atoms with Gasteiger partial charge < -0.3 is 9.73 Å². The van der Waals surface area contributed by atoms with Crippen molar-refractivity contribution in [3.05, 3.63) is 87.2 Å². The maximum atomic E-state index is 13.2. The lowest BCUT2D eigenvalue weighted by atomic mass is 9.86. The Kier molecular flexibility index (Phi) is 5.93. The van der Waals surface area contributed by atoms with Crippen molar-refractivity contribution < 1.29 is 9.21 Å². The Labute approximate surface area is 187 Å². The number of carbonyl (C=O) groups excluding carboxylic acids is 1. The lowest BCUT2D eigenvalue weighted by molar-refractivity contribution is -0.122. The number of fused-ring (bicyclic) bond motifs is 1. The van der Waals surface area contributed by atoms with Gasteiger partial charge in [0.05, 0.1) is 18.2 Å². The largest absolute Gasteiger partial charge is 0.472 e. The molecule has 1 fully saturated rings. The molecule has 5 rings (SSSR count). The summed E-state index contributed by atoms with van der Waals surface area (Å²) in [6.45, 7) is -0.0510. The molecule has 166 valence electrons. The molecule has 0 saturated heterocycles. The van der Waals surface area contributed by atoms with E-state index in [9.17, 15) is 9.59 Å². The van der Waals surface area contributed by atoms with Gasteiger partial charge >= 0.3 is 0 Å². The van der Waals surface area contributed by atoms with Crippen LogP contribution < -0.4 is 10.9 Å². The van der Waals surface area contributed by atoms with Crippen LogP contribution in [0.2, 0.25) is 0 Å². The van der Waals surface area contributed by atoms with Gasteiger partial charge in [-0.05, 0) is 54.5 Å². The standard InChI is InChI=1S/C26H29N3O3/c30-25(27-23-13-20-8-4-5-9-21(20)14-23)16-29-26(31)22(12-18-10-11-32-17-18)15-24(28-29)19-6-2-1-3-7-19/h4-5,8-11,15,17,19,23H,1-3,6-7,12-14,16H2,(H,27,30). The third-order valence-electron chi connectivity index (χ3n) is 6.78. The van der Waals surface area contributed by atoms with Crippen LogP contribution in [0, 0.1) is 0 Å². The van der Waals surface area contributed by atoms with E-state index in [1.54, 1.807) is 12.5 Å². The monoisotopic (exact) mass is 431 g/mol. The molecule has 2 aliphatic rings. The zero-order chi connectivity index (χ0) is 21.9. The van der Waals surface area contributed by atoms with Gasteiger partial charge in [0.25, 0.3) is 5.56 Å². The number of hydrogen-bond acceptors (Lipinski definition) is 4. The minimum atomic E-state index is -0.199. The van der Waals surface area contributed by atoms with Crippen molar-refractivity contribution in [3.63, 3.8) is 0 Å². The van der Waals surface area contributed by atoms with Gasteiger partial charge in [-0.1, -0.05) is 43.5 Å². The van der Waals surface area contributed by atoms with Crippen molar-refractivity contribution >= 4 is 5.91 Å². The molecule has 1 aromatic carbocycles. The first-order valence-corrected chi connectivity index (χ1v) is 11.6. The van der Waals surface area contributed by atoms with E-state index >= 15 is 0 Å². The summed E-state index contributed by atoms with van der Waals surface area (Å²) >= 11 is 0. The number of aromatic nitrogens is 2. The summed E-state index contributed by atoms with van der Waals surface area (Å²) < 4.78 is 6.55. The second-order valence-corrected chi connectivity index (χ2v) is 9.14. The highest BCUT2D eigenvalue weighted by atomic mass is 16.3. The Morgan fingerprint density at radius 1 is 1.09 bits per heavy atom. The summed E-state index contributed by atoms with van der Waals surface area (Å²) in [5.74, 6) is 0.193. The molecule has 1 amide bonds. The molecule has 1 saturated carbocycles. The molecule has 0 atom stereocenters. The molecule has 3 aromatic rings. The van der Waals surface area contributed by atoms with Crippen LogP contribution in [0.5, 0.6) is 0 Å². The van der Waals surface area contributed by atoms with Gasteiger partial charge in [-0.25, -0.2) is 4.68 Å². The summed E-state index contributed by atoms with van der Waals surface area (Å²) in [6, 6.07) is 12.2. The van der Waals surface area contributed by atoms with Crippen LogP contribution in [-0.4, -0.2) is 21.7 Å². The Hall–Kier alpha value is -3.15. The topological polar surface area (TPSA) is 77.1 Å². The molecule has 6 nitrogen and oxygen atoms in total. The maximum absolute atomic E-state index is 13.2. The van der Waals surface area contributed by atoms with Gasteiger partial charge in [0.15, 0.2) is 0 Å². The van der Waals surface area contributed by atoms with E-state index in [0.717, 1.165) is 36.9 Å². The molecule has 2 heterocycles. The Bertz CT molecular complexity index is 1120. The first-order valence-electron chi connectivity index (χ1n) is 11.6. The molecule has 32 heavy (non-hydrogen) atoms. The molecular formula is C26H29N3O3. The number of amides is 1. The molecule has 2 aliphatic carbocycles. The lowest BCUT2D eigenvalue weighted by Crippen LogP contribution is -2.40. The van der Waals surface area contributed by atoms with E-state index in [2.05, 4.69) is 22.5 Å². The highest BCUT2D eigenvalue weighted by Gasteiger charge is 2.24. The van der Waals surface area contributed by atoms with Crippen LogP contribution in [-0.2, 0) is 30.6 Å². The summed E-state index contributed by atoms with van der Waals surface area (Å²) in [4.78, 5) is 26.0. The molecule has 2 aromatic heterocycles. The molecule has 0 bridgehead atoms. The second kappa shape index (κ2) is 9.15. The zero-order valence-electron chi connectivity index (χ0n) is 18.3. The first-order chi connectivity index (χ1) is 15.7. The number of carbonyl (C=O) groups is 1. The second-order valence-electron chi connectivity index (χ2n) is 9.14. The molecule has 0 radical (unpaired) electrons. The van der Waals surface area contributed by atoms with Crippen molar-refractivity contribution in [2.45, 2.75) is 69.9 Å². The van der Waals surface area contributed by atoms with Crippen molar-refractivity contribution in [2.24, 2.45) is 0 Å².